The maximum Gasteiger partial charge on any atom is 0.286 e. The summed E-state index contributed by atoms with van der Waals surface area (Å²) < 4.78 is 14.6. The Hall–Kier alpha value is -2.91. The van der Waals surface area contributed by atoms with Crippen LogP contribution in [0.2, 0.25) is 0 Å². The van der Waals surface area contributed by atoms with Gasteiger partial charge in [0.15, 0.2) is 0 Å². The van der Waals surface area contributed by atoms with Gasteiger partial charge in [-0.3, -0.25) is 0 Å². The summed E-state index contributed by atoms with van der Waals surface area (Å²) in [6, 6.07) is 6.12. The number of nitriles is 3. The second-order valence-electron chi connectivity index (χ2n) is 5.84. The van der Waals surface area contributed by atoms with E-state index in [0.717, 1.165) is 16.7 Å². The van der Waals surface area contributed by atoms with E-state index in [0.29, 0.717) is 19.8 Å². The van der Waals surface area contributed by atoms with Gasteiger partial charge in [0, 0.05) is 17.8 Å². The Morgan fingerprint density at radius 3 is 1.12 bits per heavy atom. The fourth-order valence-corrected chi connectivity index (χ4v) is 2.33. The lowest BCUT2D eigenvalue weighted by Gasteiger charge is -2.19. The zero-order valence-corrected chi connectivity index (χ0v) is 14.2. The van der Waals surface area contributed by atoms with Crippen molar-refractivity contribution in [1.82, 2.24) is 0 Å². The minimum absolute atomic E-state index is 0.0384. The van der Waals surface area contributed by atoms with E-state index in [1.807, 2.05) is 39.0 Å². The molecule has 6 nitrogen and oxygen atoms in total. The van der Waals surface area contributed by atoms with Crippen molar-refractivity contribution in [1.29, 1.82) is 15.8 Å². The first-order chi connectivity index (χ1) is 11.5. The van der Waals surface area contributed by atoms with Crippen LogP contribution in [0.3, 0.4) is 0 Å². The summed E-state index contributed by atoms with van der Waals surface area (Å²) in [4.78, 5) is 0. The highest BCUT2D eigenvalue weighted by atomic mass is 16.5. The van der Waals surface area contributed by atoms with Crippen LogP contribution in [-0.4, -0.2) is 19.8 Å². The highest BCUT2D eigenvalue weighted by Crippen LogP contribution is 2.28. The molecule has 126 valence electrons. The molecule has 6 heteroatoms. The van der Waals surface area contributed by atoms with Gasteiger partial charge in [0.2, 0.25) is 0 Å². The summed E-state index contributed by atoms with van der Waals surface area (Å²) in [6.07, 6.45) is 5.06. The third-order valence-corrected chi connectivity index (χ3v) is 3.90. The average Bonchev–Trinajstić information content (AvgIpc) is 2.61. The SMILES string of the molecule is CC(COC#N)c1cc(C(C)COC#N)cc(C(C)COC#N)c1. The fourth-order valence-electron chi connectivity index (χ4n) is 2.33. The Balaban J connectivity index is 3.11. The van der Waals surface area contributed by atoms with Crippen LogP contribution in [0.5, 0.6) is 0 Å². The molecule has 0 saturated heterocycles. The fraction of sp³-hybridized carbons (Fsp3) is 0.500. The quantitative estimate of drug-likeness (QED) is 0.644. The molecule has 1 aromatic rings. The molecular weight excluding hydrogens is 306 g/mol. The van der Waals surface area contributed by atoms with Crippen molar-refractivity contribution >= 4 is 0 Å². The van der Waals surface area contributed by atoms with Gasteiger partial charge in [0.05, 0.1) is 0 Å². The van der Waals surface area contributed by atoms with Crippen LogP contribution < -0.4 is 0 Å². The van der Waals surface area contributed by atoms with E-state index in [9.17, 15) is 0 Å². The van der Waals surface area contributed by atoms with E-state index >= 15 is 0 Å². The molecular formula is C18H21N3O3. The van der Waals surface area contributed by atoms with Crippen LogP contribution in [0.1, 0.15) is 55.2 Å². The van der Waals surface area contributed by atoms with Gasteiger partial charge in [-0.15, -0.1) is 0 Å². The lowest BCUT2D eigenvalue weighted by atomic mass is 9.89. The van der Waals surface area contributed by atoms with Gasteiger partial charge in [-0.2, -0.15) is 15.8 Å². The molecule has 3 atom stereocenters. The Kier molecular flexibility index (Phi) is 7.96. The maximum atomic E-state index is 8.58. The topological polar surface area (TPSA) is 99.1 Å². The number of benzene rings is 1. The minimum atomic E-state index is 0.0384. The Morgan fingerprint density at radius 2 is 0.917 bits per heavy atom. The zero-order valence-electron chi connectivity index (χ0n) is 14.2. The van der Waals surface area contributed by atoms with Crippen LogP contribution >= 0.6 is 0 Å². The van der Waals surface area contributed by atoms with Crippen LogP contribution in [0, 0.1) is 34.6 Å². The third-order valence-electron chi connectivity index (χ3n) is 3.90. The molecule has 0 aliphatic rings. The van der Waals surface area contributed by atoms with E-state index in [-0.39, 0.29) is 17.8 Å². The summed E-state index contributed by atoms with van der Waals surface area (Å²) in [5, 5.41) is 25.7. The second kappa shape index (κ2) is 9.98. The van der Waals surface area contributed by atoms with E-state index in [1.54, 1.807) is 18.8 Å². The minimum Gasteiger partial charge on any atom is -0.427 e. The molecule has 0 aliphatic carbocycles. The maximum absolute atomic E-state index is 8.58. The van der Waals surface area contributed by atoms with Crippen LogP contribution in [-0.2, 0) is 14.2 Å². The molecule has 1 rings (SSSR count). The van der Waals surface area contributed by atoms with Crippen LogP contribution in [0.25, 0.3) is 0 Å². The molecule has 0 heterocycles. The highest BCUT2D eigenvalue weighted by molar-refractivity contribution is 5.36. The van der Waals surface area contributed by atoms with Crippen molar-refractivity contribution in [2.75, 3.05) is 19.8 Å². The van der Waals surface area contributed by atoms with Gasteiger partial charge in [-0.05, 0) is 16.7 Å². The van der Waals surface area contributed by atoms with Crippen molar-refractivity contribution in [3.8, 4) is 18.8 Å². The van der Waals surface area contributed by atoms with Crippen LogP contribution in [0.4, 0.5) is 0 Å². The average molecular weight is 327 g/mol. The van der Waals surface area contributed by atoms with Crippen molar-refractivity contribution < 1.29 is 14.2 Å². The molecule has 0 radical (unpaired) electrons. The summed E-state index contributed by atoms with van der Waals surface area (Å²) >= 11 is 0. The smallest absolute Gasteiger partial charge is 0.286 e. The first-order valence-electron chi connectivity index (χ1n) is 7.70. The Bertz CT molecular complexity index is 552. The van der Waals surface area contributed by atoms with E-state index in [1.165, 1.54) is 0 Å². The third kappa shape index (κ3) is 5.71. The zero-order chi connectivity index (χ0) is 17.9. The molecule has 0 bridgehead atoms. The highest BCUT2D eigenvalue weighted by Gasteiger charge is 2.16. The van der Waals surface area contributed by atoms with E-state index in [2.05, 4.69) is 0 Å². The van der Waals surface area contributed by atoms with Gasteiger partial charge >= 0.3 is 0 Å². The molecule has 0 spiro atoms. The monoisotopic (exact) mass is 327 g/mol. The van der Waals surface area contributed by atoms with Crippen molar-refractivity contribution in [2.45, 2.75) is 38.5 Å². The number of ether oxygens (including phenoxy) is 3. The van der Waals surface area contributed by atoms with Gasteiger partial charge in [0.1, 0.15) is 19.8 Å². The van der Waals surface area contributed by atoms with Crippen LogP contribution in [0.15, 0.2) is 18.2 Å². The predicted octanol–water partition coefficient (Wildman–Crippen LogP) is 3.49. The standard InChI is InChI=1S/C18H21N3O3/c1-13(7-22-10-19)16-4-17(14(2)8-23-11-20)6-18(5-16)15(3)9-24-12-21/h4-6,13-15H,7-9H2,1-3H3. The van der Waals surface area contributed by atoms with E-state index < -0.39 is 0 Å². The number of hydrogen-bond acceptors (Lipinski definition) is 6. The summed E-state index contributed by atoms with van der Waals surface area (Å²) in [5.41, 5.74) is 3.10. The molecule has 0 saturated carbocycles. The molecule has 0 fully saturated rings. The second-order valence-corrected chi connectivity index (χ2v) is 5.84. The van der Waals surface area contributed by atoms with Gasteiger partial charge in [0.25, 0.3) is 18.8 Å². The van der Waals surface area contributed by atoms with Crippen molar-refractivity contribution in [2.24, 2.45) is 0 Å². The first-order valence-corrected chi connectivity index (χ1v) is 7.70. The first kappa shape index (κ1) is 19.1. The van der Waals surface area contributed by atoms with Crippen molar-refractivity contribution in [3.05, 3.63) is 34.9 Å². The number of hydrogen-bond donors (Lipinski definition) is 0. The van der Waals surface area contributed by atoms with Gasteiger partial charge in [-0.1, -0.05) is 39.0 Å². The predicted molar refractivity (Wildman–Crippen MR) is 86.4 cm³/mol. The Morgan fingerprint density at radius 1 is 0.667 bits per heavy atom. The summed E-state index contributed by atoms with van der Waals surface area (Å²) in [5.74, 6) is 0.115. The summed E-state index contributed by atoms with van der Waals surface area (Å²) in [6.45, 7) is 6.83. The molecule has 0 aliphatic heterocycles. The number of nitrogens with zero attached hydrogens (tertiary/aromatic N) is 3. The normalized spacial score (nSPS) is 13.5. The lowest BCUT2D eigenvalue weighted by Crippen LogP contribution is -2.09. The van der Waals surface area contributed by atoms with Crippen molar-refractivity contribution in [3.63, 3.8) is 0 Å². The van der Waals surface area contributed by atoms with Gasteiger partial charge < -0.3 is 14.2 Å². The largest absolute Gasteiger partial charge is 0.427 e. The Labute approximate surface area is 142 Å². The molecule has 3 unspecified atom stereocenters. The molecule has 0 aromatic heterocycles. The van der Waals surface area contributed by atoms with Gasteiger partial charge in [-0.25, -0.2) is 0 Å². The molecule has 0 amide bonds. The molecule has 1 aromatic carbocycles. The number of rotatable bonds is 9. The lowest BCUT2D eigenvalue weighted by molar-refractivity contribution is 0.247. The molecule has 24 heavy (non-hydrogen) atoms. The molecule has 0 N–H and O–H groups in total. The van der Waals surface area contributed by atoms with E-state index in [4.69, 9.17) is 30.0 Å². The summed E-state index contributed by atoms with van der Waals surface area (Å²) in [7, 11) is 0.